The number of rotatable bonds is 4. The number of oxime groups is 1. The predicted octanol–water partition coefficient (Wildman–Crippen LogP) is 6.83. The lowest BCUT2D eigenvalue weighted by molar-refractivity contribution is -0.233. The van der Waals surface area contributed by atoms with Crippen molar-refractivity contribution < 1.29 is 15.4 Å². The van der Waals surface area contributed by atoms with E-state index in [9.17, 15) is 15.4 Å². The Morgan fingerprint density at radius 2 is 1.63 bits per heavy atom. The number of aliphatic hydroxyl groups is 2. The van der Waals surface area contributed by atoms with Crippen LogP contribution in [0.5, 0.6) is 0 Å². The van der Waals surface area contributed by atoms with Gasteiger partial charge in [0.25, 0.3) is 0 Å². The molecular formula is C31H51NO3. The van der Waals surface area contributed by atoms with Crippen LogP contribution in [0.1, 0.15) is 105 Å². The minimum atomic E-state index is -0.422. The smallest absolute Gasteiger partial charge is 0.0655 e. The van der Waals surface area contributed by atoms with Crippen molar-refractivity contribution in [3.05, 3.63) is 12.2 Å². The van der Waals surface area contributed by atoms with Crippen molar-refractivity contribution >= 4 is 5.71 Å². The summed E-state index contributed by atoms with van der Waals surface area (Å²) in [5, 5.41) is 34.8. The van der Waals surface area contributed by atoms with Crippen molar-refractivity contribution in [1.82, 2.24) is 0 Å². The van der Waals surface area contributed by atoms with Crippen molar-refractivity contribution in [3.8, 4) is 0 Å². The van der Waals surface area contributed by atoms with E-state index in [2.05, 4.69) is 46.4 Å². The SMILES string of the molecule is C=C(CC)[C@@H]1CC[C@]2(CO)CC[C@]3(C)[C@H](CC[C@@H]4[C@@]5(C)CC/C(=N/O)C(C)(CO)[C@@H]5CC[C@]43C)[C@@H]12. The molecule has 5 saturated carbocycles. The van der Waals surface area contributed by atoms with Crippen LogP contribution in [0.4, 0.5) is 0 Å². The summed E-state index contributed by atoms with van der Waals surface area (Å²) in [7, 11) is 0. The second kappa shape index (κ2) is 8.32. The predicted molar refractivity (Wildman–Crippen MR) is 141 cm³/mol. The summed E-state index contributed by atoms with van der Waals surface area (Å²) in [6.45, 7) is 17.1. The standard InChI is InChI=1S/C31H51NO3/c1-7-20(2)21-10-15-31(19-34)17-16-29(5)22(26(21)31)8-9-24-27(3)13-12-25(32-35)28(4,18-33)23(27)11-14-30(24,29)6/h21-24,26,33-35H,2,7-19H2,1,3-6H3/b32-25-/t21-,22+,23+,24+,26+,27-,28?,29+,30+,31+/m0/s1. The lowest BCUT2D eigenvalue weighted by Gasteiger charge is -2.72. The van der Waals surface area contributed by atoms with Crippen LogP contribution in [0, 0.1) is 56.7 Å². The monoisotopic (exact) mass is 485 g/mol. The van der Waals surface area contributed by atoms with Gasteiger partial charge in [-0.3, -0.25) is 0 Å². The van der Waals surface area contributed by atoms with E-state index in [4.69, 9.17) is 0 Å². The third-order valence-corrected chi connectivity index (χ3v) is 13.9. The van der Waals surface area contributed by atoms with Gasteiger partial charge in [0.05, 0.1) is 12.3 Å². The Labute approximate surface area is 213 Å². The summed E-state index contributed by atoms with van der Waals surface area (Å²) in [5.41, 5.74) is 2.58. The highest BCUT2D eigenvalue weighted by Crippen LogP contribution is 2.77. The fraction of sp³-hybridized carbons (Fsp3) is 0.903. The van der Waals surface area contributed by atoms with Gasteiger partial charge in [0.1, 0.15) is 0 Å². The molecule has 0 saturated heterocycles. The van der Waals surface area contributed by atoms with Crippen LogP contribution in [-0.4, -0.2) is 34.3 Å². The molecule has 1 unspecified atom stereocenters. The van der Waals surface area contributed by atoms with E-state index >= 15 is 0 Å². The first-order chi connectivity index (χ1) is 16.5. The van der Waals surface area contributed by atoms with Crippen molar-refractivity contribution in [2.45, 2.75) is 105 Å². The fourth-order valence-electron chi connectivity index (χ4n) is 11.7. The summed E-state index contributed by atoms with van der Waals surface area (Å²) >= 11 is 0. The Bertz CT molecular complexity index is 900. The van der Waals surface area contributed by atoms with E-state index in [0.717, 1.165) is 37.8 Å². The first-order valence-electron chi connectivity index (χ1n) is 14.6. The lowest BCUT2D eigenvalue weighted by Crippen LogP contribution is -2.67. The zero-order valence-electron chi connectivity index (χ0n) is 23.1. The van der Waals surface area contributed by atoms with E-state index in [1.54, 1.807) is 0 Å². The Hall–Kier alpha value is -0.870. The topological polar surface area (TPSA) is 73.1 Å². The normalized spacial score (nSPS) is 54.5. The minimum Gasteiger partial charge on any atom is -0.411 e. The van der Waals surface area contributed by atoms with Crippen LogP contribution in [0.25, 0.3) is 0 Å². The van der Waals surface area contributed by atoms with E-state index < -0.39 is 5.41 Å². The zero-order chi connectivity index (χ0) is 25.4. The van der Waals surface area contributed by atoms with E-state index in [-0.39, 0.29) is 28.3 Å². The molecular weight excluding hydrogens is 434 g/mol. The molecule has 5 rings (SSSR count). The molecule has 5 aliphatic carbocycles. The maximum Gasteiger partial charge on any atom is 0.0655 e. The Morgan fingerprint density at radius 1 is 0.886 bits per heavy atom. The van der Waals surface area contributed by atoms with Gasteiger partial charge in [0.2, 0.25) is 0 Å². The molecule has 4 nitrogen and oxygen atoms in total. The molecule has 3 N–H and O–H groups in total. The Balaban J connectivity index is 1.55. The summed E-state index contributed by atoms with van der Waals surface area (Å²) < 4.78 is 0. The van der Waals surface area contributed by atoms with Gasteiger partial charge < -0.3 is 15.4 Å². The fourth-order valence-corrected chi connectivity index (χ4v) is 11.7. The Kier molecular flexibility index (Phi) is 6.12. The van der Waals surface area contributed by atoms with E-state index in [0.29, 0.717) is 36.2 Å². The second-order valence-electron chi connectivity index (χ2n) is 14.5. The molecule has 0 bridgehead atoms. The lowest BCUT2D eigenvalue weighted by atomic mass is 9.32. The number of nitrogens with zero attached hydrogens (tertiary/aromatic N) is 1. The Morgan fingerprint density at radius 3 is 2.26 bits per heavy atom. The van der Waals surface area contributed by atoms with Crippen molar-refractivity contribution in [1.29, 1.82) is 0 Å². The van der Waals surface area contributed by atoms with Crippen LogP contribution in [-0.2, 0) is 0 Å². The number of hydrogen-bond donors (Lipinski definition) is 3. The molecule has 0 aliphatic heterocycles. The van der Waals surface area contributed by atoms with Crippen molar-refractivity contribution in [2.24, 2.45) is 61.8 Å². The molecule has 0 spiro atoms. The molecule has 5 fully saturated rings. The number of allylic oxidation sites excluding steroid dienone is 1. The highest BCUT2D eigenvalue weighted by Gasteiger charge is 2.71. The number of hydrogen-bond acceptors (Lipinski definition) is 4. The molecule has 5 aliphatic rings. The summed E-state index contributed by atoms with van der Waals surface area (Å²) in [6, 6.07) is 0. The molecule has 4 heteroatoms. The molecule has 0 amide bonds. The van der Waals surface area contributed by atoms with Crippen LogP contribution in [0.2, 0.25) is 0 Å². The molecule has 0 aromatic rings. The third kappa shape index (κ3) is 3.08. The van der Waals surface area contributed by atoms with Gasteiger partial charge in [-0.25, -0.2) is 0 Å². The van der Waals surface area contributed by atoms with Crippen LogP contribution in [0.15, 0.2) is 17.3 Å². The third-order valence-electron chi connectivity index (χ3n) is 13.9. The number of fused-ring (bicyclic) bond motifs is 7. The average Bonchev–Trinajstić information content (AvgIpc) is 3.24. The summed E-state index contributed by atoms with van der Waals surface area (Å²) in [6.07, 6.45) is 12.5. The van der Waals surface area contributed by atoms with Gasteiger partial charge in [0, 0.05) is 12.0 Å². The molecule has 0 heterocycles. The number of aliphatic hydroxyl groups excluding tert-OH is 2. The average molecular weight is 486 g/mol. The van der Waals surface area contributed by atoms with Gasteiger partial charge in [-0.15, -0.1) is 0 Å². The molecule has 198 valence electrons. The van der Waals surface area contributed by atoms with Crippen LogP contribution >= 0.6 is 0 Å². The molecule has 0 aromatic carbocycles. The van der Waals surface area contributed by atoms with E-state index in [1.807, 2.05) is 0 Å². The molecule has 10 atom stereocenters. The van der Waals surface area contributed by atoms with Gasteiger partial charge in [-0.2, -0.15) is 0 Å². The van der Waals surface area contributed by atoms with Crippen molar-refractivity contribution in [3.63, 3.8) is 0 Å². The first kappa shape index (κ1) is 25.8. The summed E-state index contributed by atoms with van der Waals surface area (Å²) in [4.78, 5) is 0. The van der Waals surface area contributed by atoms with Crippen molar-refractivity contribution in [2.75, 3.05) is 13.2 Å². The first-order valence-corrected chi connectivity index (χ1v) is 14.6. The van der Waals surface area contributed by atoms with Gasteiger partial charge in [-0.1, -0.05) is 51.9 Å². The van der Waals surface area contributed by atoms with Gasteiger partial charge in [0.15, 0.2) is 0 Å². The maximum absolute atomic E-state index is 10.7. The second-order valence-corrected chi connectivity index (χ2v) is 14.5. The van der Waals surface area contributed by atoms with Gasteiger partial charge >= 0.3 is 0 Å². The van der Waals surface area contributed by atoms with E-state index in [1.165, 1.54) is 44.1 Å². The van der Waals surface area contributed by atoms with Gasteiger partial charge in [-0.05, 0) is 122 Å². The summed E-state index contributed by atoms with van der Waals surface area (Å²) in [5.74, 6) is 2.78. The minimum absolute atomic E-state index is 0.0673. The van der Waals surface area contributed by atoms with Crippen LogP contribution in [0.3, 0.4) is 0 Å². The molecule has 0 radical (unpaired) electrons. The highest BCUT2D eigenvalue weighted by atomic mass is 16.4. The highest BCUT2D eigenvalue weighted by molar-refractivity contribution is 5.91. The quantitative estimate of drug-likeness (QED) is 0.232. The maximum atomic E-state index is 10.7. The molecule has 0 aromatic heterocycles. The zero-order valence-corrected chi connectivity index (χ0v) is 23.1. The molecule has 35 heavy (non-hydrogen) atoms. The van der Waals surface area contributed by atoms with Crippen LogP contribution < -0.4 is 0 Å². The largest absolute Gasteiger partial charge is 0.411 e.